The van der Waals surface area contributed by atoms with E-state index in [2.05, 4.69) is 4.98 Å². The molecule has 0 atom stereocenters. The molecular formula is C14H19N3O2. The van der Waals surface area contributed by atoms with E-state index in [0.717, 1.165) is 43.6 Å². The van der Waals surface area contributed by atoms with Crippen LogP contribution in [0.4, 0.5) is 4.79 Å². The lowest BCUT2D eigenvalue weighted by molar-refractivity contribution is 0.138. The van der Waals surface area contributed by atoms with Crippen molar-refractivity contribution in [3.63, 3.8) is 0 Å². The number of rotatable bonds is 0. The van der Waals surface area contributed by atoms with Crippen molar-refractivity contribution in [1.29, 1.82) is 0 Å². The van der Waals surface area contributed by atoms with Crippen molar-refractivity contribution in [2.45, 2.75) is 32.2 Å². The van der Waals surface area contributed by atoms with Crippen LogP contribution in [0.1, 0.15) is 30.5 Å². The van der Waals surface area contributed by atoms with Crippen molar-refractivity contribution in [1.82, 2.24) is 14.8 Å². The largest absolute Gasteiger partial charge is 0.326 e. The molecule has 0 saturated carbocycles. The number of pyridine rings is 1. The van der Waals surface area contributed by atoms with Crippen LogP contribution in [0.25, 0.3) is 0 Å². The molecule has 2 aliphatic heterocycles. The highest BCUT2D eigenvalue weighted by molar-refractivity contribution is 5.74. The summed E-state index contributed by atoms with van der Waals surface area (Å²) in [5, 5.41) is 0. The molecule has 102 valence electrons. The third-order valence-corrected chi connectivity index (χ3v) is 3.99. The maximum absolute atomic E-state index is 12.4. The number of aromatic nitrogens is 1. The second-order valence-corrected chi connectivity index (χ2v) is 5.33. The number of hydrogen-bond acceptors (Lipinski definition) is 2. The molecule has 0 bridgehead atoms. The molecule has 0 aromatic carbocycles. The molecular weight excluding hydrogens is 242 g/mol. The summed E-state index contributed by atoms with van der Waals surface area (Å²) in [5.41, 5.74) is 1.99. The number of fused-ring (bicyclic) bond motifs is 1. The van der Waals surface area contributed by atoms with Crippen LogP contribution in [0.2, 0.25) is 0 Å². The molecule has 0 aliphatic carbocycles. The molecule has 19 heavy (non-hydrogen) atoms. The van der Waals surface area contributed by atoms with Crippen LogP contribution in [-0.2, 0) is 13.0 Å². The molecule has 5 heteroatoms. The van der Waals surface area contributed by atoms with Gasteiger partial charge < -0.3 is 14.8 Å². The predicted octanol–water partition coefficient (Wildman–Crippen LogP) is 1.34. The minimum atomic E-state index is -0.0606. The Labute approximate surface area is 112 Å². The molecule has 2 aliphatic rings. The van der Waals surface area contributed by atoms with Crippen molar-refractivity contribution < 1.29 is 4.79 Å². The van der Waals surface area contributed by atoms with Crippen molar-refractivity contribution in [2.24, 2.45) is 0 Å². The fraction of sp³-hybridized carbons (Fsp3) is 0.571. The minimum absolute atomic E-state index is 0.0606. The third kappa shape index (κ3) is 2.50. The van der Waals surface area contributed by atoms with Crippen LogP contribution >= 0.6 is 0 Å². The molecule has 0 spiro atoms. The molecule has 3 rings (SSSR count). The summed E-state index contributed by atoms with van der Waals surface area (Å²) >= 11 is 0. The average molecular weight is 261 g/mol. The lowest BCUT2D eigenvalue weighted by Gasteiger charge is -2.35. The van der Waals surface area contributed by atoms with Gasteiger partial charge in [0.2, 0.25) is 5.56 Å². The normalized spacial score (nSPS) is 19.2. The van der Waals surface area contributed by atoms with E-state index in [9.17, 15) is 9.59 Å². The molecule has 1 aromatic heterocycles. The minimum Gasteiger partial charge on any atom is -0.326 e. The molecule has 1 saturated heterocycles. The summed E-state index contributed by atoms with van der Waals surface area (Å²) < 4.78 is 0. The van der Waals surface area contributed by atoms with Gasteiger partial charge in [-0.1, -0.05) is 6.07 Å². The third-order valence-electron chi connectivity index (χ3n) is 3.99. The Bertz CT molecular complexity index is 532. The predicted molar refractivity (Wildman–Crippen MR) is 72.0 cm³/mol. The molecule has 1 aromatic rings. The van der Waals surface area contributed by atoms with Gasteiger partial charge in [-0.3, -0.25) is 4.79 Å². The first-order valence-corrected chi connectivity index (χ1v) is 6.99. The molecule has 2 amide bonds. The summed E-state index contributed by atoms with van der Waals surface area (Å²) in [6.07, 6.45) is 4.20. The number of carbonyl (C=O) groups excluding carboxylic acids is 1. The maximum atomic E-state index is 12.4. The van der Waals surface area contributed by atoms with E-state index >= 15 is 0 Å². The smallest absolute Gasteiger partial charge is 0.320 e. The van der Waals surface area contributed by atoms with E-state index in [1.165, 1.54) is 12.5 Å². The lowest BCUT2D eigenvalue weighted by Crippen LogP contribution is -2.47. The summed E-state index contributed by atoms with van der Waals surface area (Å²) in [6.45, 7) is 3.07. The molecule has 5 nitrogen and oxygen atoms in total. The summed E-state index contributed by atoms with van der Waals surface area (Å²) in [6, 6.07) is 3.52. The van der Waals surface area contributed by atoms with Gasteiger partial charge >= 0.3 is 6.03 Å². The van der Waals surface area contributed by atoms with Crippen LogP contribution in [0.5, 0.6) is 0 Å². The number of likely N-dealkylation sites (tertiary alicyclic amines) is 1. The fourth-order valence-electron chi connectivity index (χ4n) is 2.90. The highest BCUT2D eigenvalue weighted by Gasteiger charge is 2.26. The molecule has 0 radical (unpaired) electrons. The van der Waals surface area contributed by atoms with Crippen LogP contribution in [0, 0.1) is 0 Å². The summed E-state index contributed by atoms with van der Waals surface area (Å²) in [4.78, 5) is 30.4. The summed E-state index contributed by atoms with van der Waals surface area (Å²) in [7, 11) is 0. The number of piperidine rings is 1. The van der Waals surface area contributed by atoms with E-state index in [-0.39, 0.29) is 11.6 Å². The highest BCUT2D eigenvalue weighted by atomic mass is 16.2. The zero-order valence-electron chi connectivity index (χ0n) is 11.0. The van der Waals surface area contributed by atoms with Crippen molar-refractivity contribution in [3.05, 3.63) is 33.7 Å². The number of carbonyl (C=O) groups is 1. The number of amides is 2. The van der Waals surface area contributed by atoms with Gasteiger partial charge in [-0.2, -0.15) is 0 Å². The van der Waals surface area contributed by atoms with Crippen LogP contribution in [0.3, 0.4) is 0 Å². The van der Waals surface area contributed by atoms with E-state index < -0.39 is 0 Å². The molecule has 1 N–H and O–H groups in total. The highest BCUT2D eigenvalue weighted by Crippen LogP contribution is 2.18. The molecule has 1 fully saturated rings. The average Bonchev–Trinajstić information content (AvgIpc) is 2.47. The van der Waals surface area contributed by atoms with Gasteiger partial charge in [-0.25, -0.2) is 4.79 Å². The Kier molecular flexibility index (Phi) is 3.27. The van der Waals surface area contributed by atoms with E-state index in [1.54, 1.807) is 0 Å². The first-order chi connectivity index (χ1) is 9.24. The van der Waals surface area contributed by atoms with Gasteiger partial charge in [0.25, 0.3) is 0 Å². The fourth-order valence-corrected chi connectivity index (χ4v) is 2.90. The van der Waals surface area contributed by atoms with Crippen molar-refractivity contribution in [3.8, 4) is 0 Å². The number of H-pyrrole nitrogens is 1. The second-order valence-electron chi connectivity index (χ2n) is 5.33. The van der Waals surface area contributed by atoms with Crippen LogP contribution in [0.15, 0.2) is 16.9 Å². The quantitative estimate of drug-likeness (QED) is 0.766. The van der Waals surface area contributed by atoms with E-state index in [0.29, 0.717) is 13.1 Å². The summed E-state index contributed by atoms with van der Waals surface area (Å²) in [5.74, 6) is 0. The van der Waals surface area contributed by atoms with E-state index in [4.69, 9.17) is 0 Å². The Balaban J connectivity index is 1.72. The SMILES string of the molecule is O=C(N1CCCCC1)N1CCc2[nH]c(=O)ccc2C1. The van der Waals surface area contributed by atoms with Crippen LogP contribution < -0.4 is 5.56 Å². The zero-order chi connectivity index (χ0) is 13.2. The van der Waals surface area contributed by atoms with Gasteiger partial charge in [-0.05, 0) is 24.8 Å². The van der Waals surface area contributed by atoms with Gasteiger partial charge in [0.15, 0.2) is 0 Å². The van der Waals surface area contributed by atoms with Gasteiger partial charge in [0.1, 0.15) is 0 Å². The zero-order valence-corrected chi connectivity index (χ0v) is 11.0. The number of hydrogen-bond donors (Lipinski definition) is 1. The maximum Gasteiger partial charge on any atom is 0.320 e. The number of urea groups is 1. The Morgan fingerprint density at radius 3 is 2.63 bits per heavy atom. The molecule has 0 unspecified atom stereocenters. The molecule has 3 heterocycles. The van der Waals surface area contributed by atoms with Crippen LogP contribution in [-0.4, -0.2) is 40.4 Å². The standard InChI is InChI=1S/C14H19N3O2/c18-13-5-4-11-10-17(9-6-12(11)15-13)14(19)16-7-2-1-3-8-16/h4-5H,1-3,6-10H2,(H,15,18). The Morgan fingerprint density at radius 1 is 1.05 bits per heavy atom. The van der Waals surface area contributed by atoms with Gasteiger partial charge in [0, 0.05) is 44.4 Å². The second kappa shape index (κ2) is 5.07. The number of nitrogens with one attached hydrogen (secondary N) is 1. The van der Waals surface area contributed by atoms with Crippen molar-refractivity contribution >= 4 is 6.03 Å². The van der Waals surface area contributed by atoms with Gasteiger partial charge in [0.05, 0.1) is 0 Å². The number of aromatic amines is 1. The first kappa shape index (κ1) is 12.3. The van der Waals surface area contributed by atoms with Crippen molar-refractivity contribution in [2.75, 3.05) is 19.6 Å². The Morgan fingerprint density at radius 2 is 1.84 bits per heavy atom. The monoisotopic (exact) mass is 261 g/mol. The number of nitrogens with zero attached hydrogens (tertiary/aromatic N) is 2. The first-order valence-electron chi connectivity index (χ1n) is 6.99. The topological polar surface area (TPSA) is 56.4 Å². The Hall–Kier alpha value is -1.78. The lowest BCUT2D eigenvalue weighted by atomic mass is 10.1. The van der Waals surface area contributed by atoms with Gasteiger partial charge in [-0.15, -0.1) is 0 Å². The van der Waals surface area contributed by atoms with E-state index in [1.807, 2.05) is 15.9 Å².